The lowest BCUT2D eigenvalue weighted by Crippen LogP contribution is -2.60. The predicted molar refractivity (Wildman–Crippen MR) is 112 cm³/mol. The fourth-order valence-electron chi connectivity index (χ4n) is 6.12. The van der Waals surface area contributed by atoms with Crippen LogP contribution in [0.25, 0.3) is 0 Å². The average Bonchev–Trinajstić information content (AvgIpc) is 3.62. The third-order valence-electron chi connectivity index (χ3n) is 8.43. The summed E-state index contributed by atoms with van der Waals surface area (Å²) in [5.74, 6) is 1.73. The lowest BCUT2D eigenvalue weighted by molar-refractivity contribution is -0.140. The van der Waals surface area contributed by atoms with Gasteiger partial charge < -0.3 is 15.2 Å². The number of aliphatic carboxylic acids is 1. The fourth-order valence-corrected chi connectivity index (χ4v) is 6.12. The van der Waals surface area contributed by atoms with E-state index in [0.717, 1.165) is 56.9 Å². The summed E-state index contributed by atoms with van der Waals surface area (Å²) in [5.41, 5.74) is 2.37. The van der Waals surface area contributed by atoms with Gasteiger partial charge in [-0.1, -0.05) is 13.0 Å². The van der Waals surface area contributed by atoms with Crippen molar-refractivity contribution in [1.82, 2.24) is 10.2 Å². The maximum Gasteiger partial charge on any atom is 0.323 e. The third-order valence-corrected chi connectivity index (χ3v) is 8.43. The van der Waals surface area contributed by atoms with Gasteiger partial charge in [-0.05, 0) is 93.1 Å². The quantitative estimate of drug-likeness (QED) is 0.704. The van der Waals surface area contributed by atoms with Gasteiger partial charge >= 0.3 is 5.97 Å². The molecule has 5 rings (SSSR count). The number of hydrogen-bond acceptors (Lipinski definition) is 4. The van der Waals surface area contributed by atoms with Gasteiger partial charge in [-0.25, -0.2) is 0 Å². The Labute approximate surface area is 173 Å². The molecule has 29 heavy (non-hydrogen) atoms. The molecule has 2 N–H and O–H groups in total. The molecule has 0 aromatic heterocycles. The van der Waals surface area contributed by atoms with Crippen LogP contribution in [0.15, 0.2) is 18.2 Å². The fraction of sp³-hybridized carbons (Fsp3) is 0.708. The van der Waals surface area contributed by atoms with Crippen molar-refractivity contribution >= 4 is 5.97 Å². The van der Waals surface area contributed by atoms with E-state index in [1.807, 2.05) is 0 Å². The zero-order valence-corrected chi connectivity index (χ0v) is 17.7. The zero-order valence-electron chi connectivity index (χ0n) is 17.7. The smallest absolute Gasteiger partial charge is 0.323 e. The molecule has 1 saturated heterocycles. The lowest BCUT2D eigenvalue weighted by Gasteiger charge is -2.56. The van der Waals surface area contributed by atoms with Crippen molar-refractivity contribution in [3.8, 4) is 5.75 Å². The molecule has 4 aliphatic rings. The summed E-state index contributed by atoms with van der Waals surface area (Å²) in [4.78, 5) is 14.4. The first-order valence-electron chi connectivity index (χ1n) is 11.4. The van der Waals surface area contributed by atoms with Crippen molar-refractivity contribution in [3.63, 3.8) is 0 Å². The summed E-state index contributed by atoms with van der Waals surface area (Å²) in [6.45, 7) is 5.63. The number of carboxylic acid groups (broad SMARTS) is 1. The van der Waals surface area contributed by atoms with Gasteiger partial charge in [-0.3, -0.25) is 9.69 Å². The van der Waals surface area contributed by atoms with E-state index >= 15 is 0 Å². The molecule has 3 aliphatic carbocycles. The van der Waals surface area contributed by atoms with E-state index in [2.05, 4.69) is 35.3 Å². The van der Waals surface area contributed by atoms with Crippen LogP contribution in [0.5, 0.6) is 5.75 Å². The van der Waals surface area contributed by atoms with E-state index in [-0.39, 0.29) is 5.41 Å². The average molecular weight is 399 g/mol. The second-order valence-electron chi connectivity index (χ2n) is 9.99. The van der Waals surface area contributed by atoms with Crippen LogP contribution in [0, 0.1) is 11.8 Å². The van der Waals surface area contributed by atoms with E-state index in [0.29, 0.717) is 12.0 Å². The van der Waals surface area contributed by atoms with Crippen molar-refractivity contribution in [1.29, 1.82) is 0 Å². The number of nitrogens with one attached hydrogen (secondary N) is 1. The van der Waals surface area contributed by atoms with Gasteiger partial charge in [0.05, 0.1) is 7.11 Å². The highest BCUT2D eigenvalue weighted by Crippen LogP contribution is 2.52. The lowest BCUT2D eigenvalue weighted by atomic mass is 9.56. The largest absolute Gasteiger partial charge is 0.497 e. The molecule has 5 heteroatoms. The van der Waals surface area contributed by atoms with Crippen LogP contribution in [0.2, 0.25) is 0 Å². The number of methoxy groups -OCH3 is 1. The molecule has 0 spiro atoms. The zero-order chi connectivity index (χ0) is 20.2. The van der Waals surface area contributed by atoms with E-state index < -0.39 is 11.5 Å². The summed E-state index contributed by atoms with van der Waals surface area (Å²) < 4.78 is 5.58. The first kappa shape index (κ1) is 19.4. The Morgan fingerprint density at radius 2 is 2.10 bits per heavy atom. The molecule has 5 nitrogen and oxygen atoms in total. The highest BCUT2D eigenvalue weighted by Gasteiger charge is 2.53. The molecule has 1 aliphatic heterocycles. The van der Waals surface area contributed by atoms with Gasteiger partial charge in [0, 0.05) is 18.0 Å². The molecule has 1 unspecified atom stereocenters. The standard InChI is InChI=1S/C24H34N2O3/c1-16-21-13-18-5-6-19(29-2)14-20(18)23(16,10-12-26(21)15-17-3-4-17)9-11-25-24(7-8-24)22(27)28/h5-6,14,16-17,21,25H,3-4,7-13,15H2,1-2H3,(H,27,28)/t16-,21+,23?/m0/s1. The number of carboxylic acids is 1. The molecular weight excluding hydrogens is 364 g/mol. The highest BCUT2D eigenvalue weighted by molar-refractivity contribution is 5.82. The molecule has 3 fully saturated rings. The van der Waals surface area contributed by atoms with Crippen LogP contribution in [-0.2, 0) is 16.6 Å². The summed E-state index contributed by atoms with van der Waals surface area (Å²) >= 11 is 0. The summed E-state index contributed by atoms with van der Waals surface area (Å²) in [6.07, 6.45) is 7.59. The van der Waals surface area contributed by atoms with E-state index in [4.69, 9.17) is 4.74 Å². The second-order valence-corrected chi connectivity index (χ2v) is 9.99. The van der Waals surface area contributed by atoms with Gasteiger partial charge in [0.2, 0.25) is 0 Å². The van der Waals surface area contributed by atoms with Crippen molar-refractivity contribution in [2.45, 2.75) is 68.9 Å². The molecule has 2 bridgehead atoms. The molecule has 1 aromatic carbocycles. The number of likely N-dealkylation sites (tertiary alicyclic amines) is 1. The SMILES string of the molecule is COc1ccc2c(c1)C1(CCNC3(C(=O)O)CC3)CCN(CC3CC3)[C@H](C2)[C@@H]1C. The van der Waals surface area contributed by atoms with Crippen LogP contribution >= 0.6 is 0 Å². The highest BCUT2D eigenvalue weighted by atomic mass is 16.5. The number of carbonyl (C=O) groups is 1. The number of rotatable bonds is 8. The first-order valence-corrected chi connectivity index (χ1v) is 11.4. The number of nitrogens with zero attached hydrogens (tertiary/aromatic N) is 1. The summed E-state index contributed by atoms with van der Waals surface area (Å²) in [6, 6.07) is 7.24. The minimum Gasteiger partial charge on any atom is -0.497 e. The monoisotopic (exact) mass is 398 g/mol. The maximum atomic E-state index is 11.6. The second kappa shape index (κ2) is 6.98. The Bertz CT molecular complexity index is 801. The third kappa shape index (κ3) is 3.27. The van der Waals surface area contributed by atoms with Gasteiger partial charge in [0.15, 0.2) is 0 Å². The number of benzene rings is 1. The minimum absolute atomic E-state index is 0.106. The van der Waals surface area contributed by atoms with Gasteiger partial charge in [-0.2, -0.15) is 0 Å². The van der Waals surface area contributed by atoms with Gasteiger partial charge in [-0.15, -0.1) is 0 Å². The van der Waals surface area contributed by atoms with Crippen LogP contribution in [0.3, 0.4) is 0 Å². The first-order chi connectivity index (χ1) is 14.0. The maximum absolute atomic E-state index is 11.6. The van der Waals surface area contributed by atoms with Crippen LogP contribution < -0.4 is 10.1 Å². The van der Waals surface area contributed by atoms with Gasteiger partial charge in [0.25, 0.3) is 0 Å². The number of ether oxygens (including phenoxy) is 1. The molecule has 3 atom stereocenters. The molecule has 0 radical (unpaired) electrons. The molecule has 158 valence electrons. The van der Waals surface area contributed by atoms with E-state index in [9.17, 15) is 9.90 Å². The number of hydrogen-bond donors (Lipinski definition) is 2. The van der Waals surface area contributed by atoms with E-state index in [1.54, 1.807) is 7.11 Å². The van der Waals surface area contributed by atoms with Crippen molar-refractivity contribution in [2.75, 3.05) is 26.7 Å². The van der Waals surface area contributed by atoms with Crippen LogP contribution in [0.4, 0.5) is 0 Å². The Morgan fingerprint density at radius 1 is 1.31 bits per heavy atom. The minimum atomic E-state index is -0.689. The Hall–Kier alpha value is -1.59. The Balaban J connectivity index is 1.43. The molecular formula is C24H34N2O3. The van der Waals surface area contributed by atoms with E-state index in [1.165, 1.54) is 30.5 Å². The van der Waals surface area contributed by atoms with Gasteiger partial charge in [0.1, 0.15) is 11.3 Å². The molecule has 0 amide bonds. The van der Waals surface area contributed by atoms with Crippen molar-refractivity contribution < 1.29 is 14.6 Å². The molecule has 1 heterocycles. The normalized spacial score (nSPS) is 32.5. The molecule has 1 aromatic rings. The van der Waals surface area contributed by atoms with Crippen LogP contribution in [0.1, 0.15) is 56.6 Å². The Kier molecular flexibility index (Phi) is 4.67. The molecule has 2 saturated carbocycles. The summed E-state index contributed by atoms with van der Waals surface area (Å²) in [7, 11) is 1.74. The van der Waals surface area contributed by atoms with Crippen molar-refractivity contribution in [2.24, 2.45) is 11.8 Å². The predicted octanol–water partition coefficient (Wildman–Crippen LogP) is 3.21. The number of fused-ring (bicyclic) bond motifs is 4. The van der Waals surface area contributed by atoms with Crippen molar-refractivity contribution in [3.05, 3.63) is 29.3 Å². The number of piperidine rings is 1. The topological polar surface area (TPSA) is 61.8 Å². The van der Waals surface area contributed by atoms with Crippen LogP contribution in [-0.4, -0.2) is 54.3 Å². The summed E-state index contributed by atoms with van der Waals surface area (Å²) in [5, 5.41) is 12.9. The Morgan fingerprint density at radius 3 is 2.76 bits per heavy atom.